The first-order chi connectivity index (χ1) is 5.77. The molecule has 3 nitrogen and oxygen atoms in total. The summed E-state index contributed by atoms with van der Waals surface area (Å²) in [6.07, 6.45) is 1.94. The quantitative estimate of drug-likeness (QED) is 0.652. The molecule has 0 fully saturated rings. The van der Waals surface area contributed by atoms with Crippen LogP contribution in [0.15, 0.2) is 33.5 Å². The average Bonchev–Trinajstić information content (AvgIpc) is 2.04. The van der Waals surface area contributed by atoms with Crippen molar-refractivity contribution in [3.05, 3.63) is 24.3 Å². The molecule has 1 aromatic carbocycles. The van der Waals surface area contributed by atoms with Gasteiger partial charge < -0.3 is 5.32 Å². The highest BCUT2D eigenvalue weighted by molar-refractivity contribution is 7.87. The Kier molecular flexibility index (Phi) is 1.69. The molecule has 1 aliphatic heterocycles. The van der Waals surface area contributed by atoms with Gasteiger partial charge in [-0.25, -0.2) is 4.79 Å². The van der Waals surface area contributed by atoms with E-state index in [1.165, 1.54) is 0 Å². The summed E-state index contributed by atoms with van der Waals surface area (Å²) in [4.78, 5) is 12.1. The number of para-hydroxylation sites is 1. The number of hydrogen-bond donors (Lipinski definition) is 1. The van der Waals surface area contributed by atoms with Gasteiger partial charge in [0.1, 0.15) is 0 Å². The van der Waals surface area contributed by atoms with Gasteiger partial charge in [0.2, 0.25) is 0 Å². The van der Waals surface area contributed by atoms with E-state index >= 15 is 0 Å². The third-order valence-electron chi connectivity index (χ3n) is 1.67. The summed E-state index contributed by atoms with van der Waals surface area (Å²) in [5.41, 5.74) is 0.892. The Morgan fingerprint density at radius 1 is 1.42 bits per heavy atom. The van der Waals surface area contributed by atoms with Gasteiger partial charge in [-0.1, -0.05) is 22.8 Å². The van der Waals surface area contributed by atoms with Gasteiger partial charge in [-0.3, -0.25) is 0 Å². The molecule has 0 radical (unpaired) electrons. The monoisotopic (exact) mass is 180 g/mol. The van der Waals surface area contributed by atoms with E-state index in [4.69, 9.17) is 0 Å². The number of carbonyl (C=O) groups is 1. The number of nitrogens with zero attached hydrogens (tertiary/aromatic N) is 1. The van der Waals surface area contributed by atoms with Crippen molar-refractivity contribution in [2.45, 2.75) is 4.90 Å². The summed E-state index contributed by atoms with van der Waals surface area (Å²) in [5.74, 6) is 0. The number of rotatable bonds is 0. The van der Waals surface area contributed by atoms with E-state index in [1.54, 1.807) is 0 Å². The first-order valence-electron chi connectivity index (χ1n) is 3.55. The lowest BCUT2D eigenvalue weighted by Gasteiger charge is -2.14. The predicted molar refractivity (Wildman–Crippen MR) is 49.4 cm³/mol. The van der Waals surface area contributed by atoms with E-state index < -0.39 is 0 Å². The van der Waals surface area contributed by atoms with Crippen molar-refractivity contribution in [1.29, 1.82) is 0 Å². The van der Waals surface area contributed by atoms with Crippen LogP contribution < -0.4 is 5.32 Å². The molecule has 1 unspecified atom stereocenters. The molecular formula is C8H8N2OS. The molecule has 1 atom stereocenters. The van der Waals surface area contributed by atoms with Crippen LogP contribution in [0.4, 0.5) is 10.5 Å². The summed E-state index contributed by atoms with van der Waals surface area (Å²) in [6, 6.07) is 7.50. The largest absolute Gasteiger partial charge is 0.351 e. The molecule has 2 rings (SSSR count). The SMILES string of the molecule is CS1=NC(=O)Nc2ccccc21. The van der Waals surface area contributed by atoms with Crippen molar-refractivity contribution in [2.24, 2.45) is 4.36 Å². The van der Waals surface area contributed by atoms with E-state index in [-0.39, 0.29) is 16.7 Å². The molecule has 1 N–H and O–H groups in total. The van der Waals surface area contributed by atoms with Gasteiger partial charge in [0.05, 0.1) is 5.69 Å². The van der Waals surface area contributed by atoms with E-state index in [0.717, 1.165) is 10.6 Å². The molecule has 0 aliphatic carbocycles. The second-order valence-electron chi connectivity index (χ2n) is 2.50. The fourth-order valence-corrected chi connectivity index (χ4v) is 2.24. The number of amides is 2. The lowest BCUT2D eigenvalue weighted by molar-refractivity contribution is 0.260. The van der Waals surface area contributed by atoms with Crippen LogP contribution in [-0.4, -0.2) is 12.3 Å². The van der Waals surface area contributed by atoms with E-state index in [2.05, 4.69) is 9.68 Å². The van der Waals surface area contributed by atoms with Gasteiger partial charge in [-0.05, 0) is 18.4 Å². The Bertz CT molecular complexity index is 373. The van der Waals surface area contributed by atoms with Crippen LogP contribution in [0.5, 0.6) is 0 Å². The molecule has 62 valence electrons. The van der Waals surface area contributed by atoms with Crippen molar-refractivity contribution >= 4 is 22.4 Å². The lowest BCUT2D eigenvalue weighted by Crippen LogP contribution is -2.14. The third kappa shape index (κ3) is 1.14. The van der Waals surface area contributed by atoms with Crippen LogP contribution in [0.25, 0.3) is 0 Å². The van der Waals surface area contributed by atoms with Gasteiger partial charge in [-0.15, -0.1) is 0 Å². The Hall–Kier alpha value is -1.16. The fourth-order valence-electron chi connectivity index (χ4n) is 1.14. The van der Waals surface area contributed by atoms with Crippen LogP contribution in [0.3, 0.4) is 0 Å². The van der Waals surface area contributed by atoms with E-state index in [0.29, 0.717) is 0 Å². The molecule has 0 spiro atoms. The molecule has 1 aliphatic rings. The number of carbonyl (C=O) groups excluding carboxylic acids is 1. The summed E-state index contributed by atoms with van der Waals surface area (Å²) in [7, 11) is -0.282. The summed E-state index contributed by atoms with van der Waals surface area (Å²) >= 11 is 0. The highest BCUT2D eigenvalue weighted by atomic mass is 32.2. The van der Waals surface area contributed by atoms with E-state index in [9.17, 15) is 4.79 Å². The zero-order chi connectivity index (χ0) is 8.55. The number of anilines is 1. The van der Waals surface area contributed by atoms with Crippen LogP contribution in [0.2, 0.25) is 0 Å². The van der Waals surface area contributed by atoms with Crippen LogP contribution in [0.1, 0.15) is 0 Å². The van der Waals surface area contributed by atoms with Crippen LogP contribution >= 0.6 is 0 Å². The normalized spacial score (nSPS) is 20.8. The first-order valence-corrected chi connectivity index (χ1v) is 5.14. The van der Waals surface area contributed by atoms with E-state index in [1.807, 2.05) is 30.5 Å². The maximum absolute atomic E-state index is 11.0. The number of urea groups is 1. The summed E-state index contributed by atoms with van der Waals surface area (Å²) < 4.78 is 3.90. The molecule has 0 bridgehead atoms. The van der Waals surface area contributed by atoms with Gasteiger partial charge >= 0.3 is 6.03 Å². The average molecular weight is 180 g/mol. The zero-order valence-electron chi connectivity index (χ0n) is 6.57. The minimum Gasteiger partial charge on any atom is -0.304 e. The Morgan fingerprint density at radius 2 is 2.17 bits per heavy atom. The number of benzene rings is 1. The molecule has 1 aromatic rings. The predicted octanol–water partition coefficient (Wildman–Crippen LogP) is 2.02. The molecule has 0 saturated carbocycles. The van der Waals surface area contributed by atoms with Gasteiger partial charge in [0.25, 0.3) is 0 Å². The Labute approximate surface area is 72.9 Å². The first kappa shape index (κ1) is 7.49. The maximum Gasteiger partial charge on any atom is 0.351 e. The standard InChI is InChI=1S/C8H8N2OS/c1-12-7-5-3-2-4-6(7)9-8(11)10-12/h2-5H,1H3,(H,9,11). The Balaban J connectivity index is 2.60. The van der Waals surface area contributed by atoms with Gasteiger partial charge in [0, 0.05) is 4.90 Å². The van der Waals surface area contributed by atoms with Crippen molar-refractivity contribution < 1.29 is 4.79 Å². The van der Waals surface area contributed by atoms with Crippen molar-refractivity contribution in [1.82, 2.24) is 0 Å². The number of nitrogens with one attached hydrogen (secondary N) is 1. The van der Waals surface area contributed by atoms with Crippen LogP contribution in [0, 0.1) is 0 Å². The van der Waals surface area contributed by atoms with Crippen molar-refractivity contribution in [3.8, 4) is 0 Å². The van der Waals surface area contributed by atoms with Crippen molar-refractivity contribution in [3.63, 3.8) is 0 Å². The van der Waals surface area contributed by atoms with Crippen LogP contribution in [-0.2, 0) is 10.7 Å². The summed E-state index contributed by atoms with van der Waals surface area (Å²) in [5, 5.41) is 2.69. The van der Waals surface area contributed by atoms with Gasteiger partial charge in [0.15, 0.2) is 0 Å². The molecule has 4 heteroatoms. The molecule has 0 aromatic heterocycles. The fraction of sp³-hybridized carbons (Fsp3) is 0.125. The molecular weight excluding hydrogens is 172 g/mol. The molecule has 2 amide bonds. The summed E-state index contributed by atoms with van der Waals surface area (Å²) in [6.45, 7) is 0. The smallest absolute Gasteiger partial charge is 0.304 e. The molecule has 12 heavy (non-hydrogen) atoms. The maximum atomic E-state index is 11.0. The minimum atomic E-state index is -0.282. The zero-order valence-corrected chi connectivity index (χ0v) is 7.39. The third-order valence-corrected chi connectivity index (χ3v) is 3.10. The lowest BCUT2D eigenvalue weighted by atomic mass is 10.3. The number of hydrogen-bond acceptors (Lipinski definition) is 1. The molecule has 1 heterocycles. The van der Waals surface area contributed by atoms with Crippen molar-refractivity contribution in [2.75, 3.05) is 11.6 Å². The highest BCUT2D eigenvalue weighted by Crippen LogP contribution is 2.22. The second kappa shape index (κ2) is 2.71. The number of fused-ring (bicyclic) bond motifs is 1. The Morgan fingerprint density at radius 3 is 3.00 bits per heavy atom. The minimum absolute atomic E-state index is 0.237. The van der Waals surface area contributed by atoms with Gasteiger partial charge in [-0.2, -0.15) is 4.36 Å². The topological polar surface area (TPSA) is 41.5 Å². The highest BCUT2D eigenvalue weighted by Gasteiger charge is 2.12. The second-order valence-corrected chi connectivity index (χ2v) is 4.07. The molecule has 0 saturated heterocycles.